The van der Waals surface area contributed by atoms with E-state index in [1.165, 1.54) is 44.5 Å². The lowest BCUT2D eigenvalue weighted by Gasteiger charge is -2.27. The van der Waals surface area contributed by atoms with E-state index >= 15 is 0 Å². The van der Waals surface area contributed by atoms with Crippen molar-refractivity contribution >= 4 is 0 Å². The van der Waals surface area contributed by atoms with Crippen LogP contribution < -0.4 is 5.32 Å². The third-order valence-electron chi connectivity index (χ3n) is 3.90. The molecule has 3 nitrogen and oxygen atoms in total. The molecule has 1 saturated heterocycles. The first-order valence-electron chi connectivity index (χ1n) is 6.14. The lowest BCUT2D eigenvalue weighted by molar-refractivity contribution is 0.273. The van der Waals surface area contributed by atoms with Crippen LogP contribution in [-0.2, 0) is 6.54 Å². The average molecular weight is 205 g/mol. The van der Waals surface area contributed by atoms with Crippen molar-refractivity contribution in [3.8, 4) is 0 Å². The van der Waals surface area contributed by atoms with E-state index in [2.05, 4.69) is 21.1 Å². The van der Waals surface area contributed by atoms with Crippen LogP contribution in [-0.4, -0.2) is 22.6 Å². The first kappa shape index (κ1) is 9.40. The molecule has 1 aliphatic heterocycles. The van der Waals surface area contributed by atoms with Gasteiger partial charge in [-0.05, 0) is 31.7 Å². The van der Waals surface area contributed by atoms with Crippen molar-refractivity contribution in [1.29, 1.82) is 0 Å². The molecule has 1 aliphatic carbocycles. The van der Waals surface area contributed by atoms with Crippen LogP contribution in [0, 0.1) is 5.92 Å². The fourth-order valence-corrected chi connectivity index (χ4v) is 2.68. The summed E-state index contributed by atoms with van der Waals surface area (Å²) in [7, 11) is 0. The van der Waals surface area contributed by atoms with Crippen LogP contribution in [0.25, 0.3) is 0 Å². The molecular weight excluding hydrogens is 186 g/mol. The van der Waals surface area contributed by atoms with Gasteiger partial charge in [0.2, 0.25) is 0 Å². The highest BCUT2D eigenvalue weighted by Crippen LogP contribution is 2.30. The number of hydrogen-bond donors (Lipinski definition) is 1. The molecule has 3 rings (SSSR count). The molecule has 0 radical (unpaired) electrons. The maximum absolute atomic E-state index is 4.31. The van der Waals surface area contributed by atoms with E-state index < -0.39 is 0 Å². The summed E-state index contributed by atoms with van der Waals surface area (Å²) < 4.78 is 2.39. The van der Waals surface area contributed by atoms with Gasteiger partial charge < -0.3 is 9.88 Å². The summed E-state index contributed by atoms with van der Waals surface area (Å²) in [5.74, 6) is 1.62. The molecular formula is C12H19N3. The van der Waals surface area contributed by atoms with Gasteiger partial charge >= 0.3 is 0 Å². The third kappa shape index (κ3) is 1.81. The summed E-state index contributed by atoms with van der Waals surface area (Å²) >= 11 is 0. The van der Waals surface area contributed by atoms with E-state index in [9.17, 15) is 0 Å². The van der Waals surface area contributed by atoms with Crippen molar-refractivity contribution in [2.45, 2.75) is 38.1 Å². The Bertz CT molecular complexity index is 321. The summed E-state index contributed by atoms with van der Waals surface area (Å²) in [5, 5.41) is 3.43. The lowest BCUT2D eigenvalue weighted by atomic mass is 9.85. The molecule has 2 fully saturated rings. The molecule has 2 heterocycles. The van der Waals surface area contributed by atoms with E-state index in [1.54, 1.807) is 0 Å². The van der Waals surface area contributed by atoms with E-state index in [0.29, 0.717) is 5.92 Å². The second kappa shape index (κ2) is 3.97. The largest absolute Gasteiger partial charge is 0.334 e. The molecule has 1 aromatic heterocycles. The number of aromatic nitrogens is 2. The molecule has 3 heteroatoms. The fourth-order valence-electron chi connectivity index (χ4n) is 2.68. The zero-order chi connectivity index (χ0) is 10.1. The van der Waals surface area contributed by atoms with Gasteiger partial charge in [-0.3, -0.25) is 0 Å². The van der Waals surface area contributed by atoms with E-state index in [1.807, 2.05) is 6.33 Å². The molecule has 1 atom stereocenters. The average Bonchev–Trinajstić information content (AvgIpc) is 2.81. The molecule has 0 amide bonds. The predicted molar refractivity (Wildman–Crippen MR) is 59.8 cm³/mol. The minimum atomic E-state index is 0.701. The Labute approximate surface area is 90.9 Å². The first-order chi connectivity index (χ1) is 7.43. The summed E-state index contributed by atoms with van der Waals surface area (Å²) in [6.07, 6.45) is 9.62. The monoisotopic (exact) mass is 205 g/mol. The Morgan fingerprint density at radius 1 is 1.40 bits per heavy atom. The second-order valence-corrected chi connectivity index (χ2v) is 4.96. The molecule has 1 unspecified atom stereocenters. The lowest BCUT2D eigenvalue weighted by Crippen LogP contribution is -2.20. The van der Waals surface area contributed by atoms with Crippen molar-refractivity contribution in [2.75, 3.05) is 13.1 Å². The number of imidazole rings is 1. The van der Waals surface area contributed by atoms with E-state index in [0.717, 1.165) is 12.5 Å². The van der Waals surface area contributed by atoms with Crippen molar-refractivity contribution < 1.29 is 0 Å². The first-order valence-corrected chi connectivity index (χ1v) is 6.14. The Morgan fingerprint density at radius 3 is 3.00 bits per heavy atom. The maximum Gasteiger partial charge on any atom is 0.0948 e. The Morgan fingerprint density at radius 2 is 2.33 bits per heavy atom. The van der Waals surface area contributed by atoms with Crippen LogP contribution in [0.5, 0.6) is 0 Å². The number of rotatable bonds is 3. The van der Waals surface area contributed by atoms with Gasteiger partial charge in [-0.15, -0.1) is 0 Å². The van der Waals surface area contributed by atoms with Gasteiger partial charge in [0.1, 0.15) is 0 Å². The van der Waals surface area contributed by atoms with E-state index in [4.69, 9.17) is 0 Å². The normalized spacial score (nSPS) is 26.8. The van der Waals surface area contributed by atoms with Crippen molar-refractivity contribution in [2.24, 2.45) is 5.92 Å². The molecule has 0 spiro atoms. The highest BCUT2D eigenvalue weighted by Gasteiger charge is 2.23. The summed E-state index contributed by atoms with van der Waals surface area (Å²) in [6, 6.07) is 0. The number of nitrogens with one attached hydrogen (secondary N) is 1. The highest BCUT2D eigenvalue weighted by atomic mass is 15.1. The van der Waals surface area contributed by atoms with Crippen LogP contribution in [0.2, 0.25) is 0 Å². The highest BCUT2D eigenvalue weighted by molar-refractivity contribution is 5.09. The minimum Gasteiger partial charge on any atom is -0.334 e. The van der Waals surface area contributed by atoms with Crippen LogP contribution in [0.15, 0.2) is 12.5 Å². The minimum absolute atomic E-state index is 0.701. The molecule has 0 bridgehead atoms. The van der Waals surface area contributed by atoms with Crippen LogP contribution in [0.3, 0.4) is 0 Å². The molecule has 1 saturated carbocycles. The molecule has 0 aromatic carbocycles. The van der Waals surface area contributed by atoms with E-state index in [-0.39, 0.29) is 0 Å². The zero-order valence-electron chi connectivity index (χ0n) is 9.15. The summed E-state index contributed by atoms with van der Waals surface area (Å²) in [4.78, 5) is 4.31. The molecule has 15 heavy (non-hydrogen) atoms. The quantitative estimate of drug-likeness (QED) is 0.815. The van der Waals surface area contributed by atoms with Gasteiger partial charge in [0.05, 0.1) is 6.33 Å². The van der Waals surface area contributed by atoms with Gasteiger partial charge in [-0.2, -0.15) is 0 Å². The molecule has 82 valence electrons. The van der Waals surface area contributed by atoms with Gasteiger partial charge in [0.25, 0.3) is 0 Å². The van der Waals surface area contributed by atoms with Gasteiger partial charge in [0.15, 0.2) is 0 Å². The second-order valence-electron chi connectivity index (χ2n) is 4.96. The smallest absolute Gasteiger partial charge is 0.0948 e. The Kier molecular flexibility index (Phi) is 2.49. The summed E-state index contributed by atoms with van der Waals surface area (Å²) in [6.45, 7) is 3.50. The number of nitrogens with zero attached hydrogens (tertiary/aromatic N) is 2. The van der Waals surface area contributed by atoms with Crippen molar-refractivity contribution in [3.05, 3.63) is 18.2 Å². The van der Waals surface area contributed by atoms with Gasteiger partial charge in [-0.25, -0.2) is 4.98 Å². The van der Waals surface area contributed by atoms with Gasteiger partial charge in [0, 0.05) is 30.9 Å². The fraction of sp³-hybridized carbons (Fsp3) is 0.750. The Balaban J connectivity index is 1.72. The predicted octanol–water partition coefficient (Wildman–Crippen LogP) is 1.76. The third-order valence-corrected chi connectivity index (χ3v) is 3.90. The van der Waals surface area contributed by atoms with Crippen LogP contribution >= 0.6 is 0 Å². The van der Waals surface area contributed by atoms with Crippen LogP contribution in [0.4, 0.5) is 0 Å². The standard InChI is InChI=1S/C12H19N3/c1-2-10(3-1)8-15-9-14-7-12(15)11-4-5-13-6-11/h7,9-11,13H,1-6,8H2. The zero-order valence-corrected chi connectivity index (χ0v) is 9.15. The molecule has 2 aliphatic rings. The SMILES string of the molecule is c1ncn(CC2CCC2)c1C1CCNC1. The topological polar surface area (TPSA) is 29.9 Å². The summed E-state index contributed by atoms with van der Waals surface area (Å²) in [5.41, 5.74) is 1.45. The number of hydrogen-bond acceptors (Lipinski definition) is 2. The molecule has 1 N–H and O–H groups in total. The Hall–Kier alpha value is -0.830. The van der Waals surface area contributed by atoms with Gasteiger partial charge in [-0.1, -0.05) is 6.42 Å². The molecule has 1 aromatic rings. The van der Waals surface area contributed by atoms with Crippen LogP contribution in [0.1, 0.15) is 37.3 Å². The van der Waals surface area contributed by atoms with Crippen molar-refractivity contribution in [1.82, 2.24) is 14.9 Å². The van der Waals surface area contributed by atoms with Crippen molar-refractivity contribution in [3.63, 3.8) is 0 Å². The maximum atomic E-state index is 4.31.